The zero-order chi connectivity index (χ0) is 23.7. The Hall–Kier alpha value is -2.19. The van der Waals surface area contributed by atoms with Gasteiger partial charge in [-0.25, -0.2) is 8.42 Å². The number of aryl methyl sites for hydroxylation is 1. The van der Waals surface area contributed by atoms with E-state index in [9.17, 15) is 13.2 Å². The molecule has 0 spiro atoms. The smallest absolute Gasteiger partial charge is 0.264 e. The summed E-state index contributed by atoms with van der Waals surface area (Å²) in [4.78, 5) is 12.9. The van der Waals surface area contributed by atoms with Crippen LogP contribution in [0.3, 0.4) is 0 Å². The molecule has 0 unspecified atom stereocenters. The van der Waals surface area contributed by atoms with Crippen molar-refractivity contribution in [3.05, 3.63) is 54.1 Å². The van der Waals surface area contributed by atoms with E-state index in [0.29, 0.717) is 18.0 Å². The van der Waals surface area contributed by atoms with E-state index in [1.165, 1.54) is 51.3 Å². The SMILES string of the molecule is COc1ccc(C)cc1N(CC(=O)NCCCSC1CCCCC1)S(=O)(=O)c1ccccc1. The van der Waals surface area contributed by atoms with E-state index in [4.69, 9.17) is 4.74 Å². The van der Waals surface area contributed by atoms with Gasteiger partial charge in [-0.1, -0.05) is 43.5 Å². The molecule has 0 atom stereocenters. The average Bonchev–Trinajstić information content (AvgIpc) is 2.83. The normalized spacial score (nSPS) is 14.6. The van der Waals surface area contributed by atoms with Gasteiger partial charge in [0.15, 0.2) is 0 Å². The largest absolute Gasteiger partial charge is 0.495 e. The molecule has 1 N–H and O–H groups in total. The van der Waals surface area contributed by atoms with Gasteiger partial charge in [0.05, 0.1) is 17.7 Å². The molecule has 8 heteroatoms. The van der Waals surface area contributed by atoms with Crippen LogP contribution in [0.2, 0.25) is 0 Å². The van der Waals surface area contributed by atoms with E-state index in [-0.39, 0.29) is 17.3 Å². The van der Waals surface area contributed by atoms with E-state index in [1.807, 2.05) is 24.8 Å². The van der Waals surface area contributed by atoms with Crippen molar-refractivity contribution in [3.8, 4) is 5.75 Å². The highest BCUT2D eigenvalue weighted by atomic mass is 32.2. The Labute approximate surface area is 202 Å². The summed E-state index contributed by atoms with van der Waals surface area (Å²) in [6.45, 7) is 2.09. The minimum absolute atomic E-state index is 0.130. The highest BCUT2D eigenvalue weighted by Gasteiger charge is 2.29. The standard InChI is InChI=1S/C25H34N2O4S2/c1-20-14-15-24(31-2)23(18-20)27(33(29,30)22-12-7-4-8-13-22)19-25(28)26-16-9-17-32-21-10-5-3-6-11-21/h4,7-8,12-15,18,21H,3,5-6,9-11,16-17,19H2,1-2H3,(H,26,28). The molecular weight excluding hydrogens is 456 g/mol. The molecule has 0 bridgehead atoms. The third-order valence-corrected chi connectivity index (χ3v) is 9.01. The molecule has 1 fully saturated rings. The molecule has 180 valence electrons. The van der Waals surface area contributed by atoms with E-state index in [2.05, 4.69) is 5.32 Å². The third-order valence-electron chi connectivity index (χ3n) is 5.77. The lowest BCUT2D eigenvalue weighted by molar-refractivity contribution is -0.119. The molecule has 1 aliphatic rings. The fourth-order valence-electron chi connectivity index (χ4n) is 3.98. The molecule has 6 nitrogen and oxygen atoms in total. The van der Waals surface area contributed by atoms with Crippen molar-refractivity contribution in [1.82, 2.24) is 5.32 Å². The maximum absolute atomic E-state index is 13.5. The first kappa shape index (κ1) is 25.4. The summed E-state index contributed by atoms with van der Waals surface area (Å²) in [6.07, 6.45) is 7.45. The molecular formula is C25H34N2O4S2. The number of methoxy groups -OCH3 is 1. The van der Waals surface area contributed by atoms with Gasteiger partial charge in [0, 0.05) is 11.8 Å². The fourth-order valence-corrected chi connectivity index (χ4v) is 6.74. The molecule has 1 aliphatic carbocycles. The van der Waals surface area contributed by atoms with Crippen molar-refractivity contribution in [2.45, 2.75) is 55.6 Å². The zero-order valence-electron chi connectivity index (χ0n) is 19.5. The van der Waals surface area contributed by atoms with Crippen molar-refractivity contribution in [1.29, 1.82) is 0 Å². The third kappa shape index (κ3) is 7.14. The van der Waals surface area contributed by atoms with Gasteiger partial charge in [-0.3, -0.25) is 9.10 Å². The summed E-state index contributed by atoms with van der Waals surface area (Å²) in [5.74, 6) is 1.07. The molecule has 1 saturated carbocycles. The average molecular weight is 491 g/mol. The Morgan fingerprint density at radius 3 is 2.55 bits per heavy atom. The van der Waals surface area contributed by atoms with Crippen LogP contribution in [0.15, 0.2) is 53.4 Å². The summed E-state index contributed by atoms with van der Waals surface area (Å²) in [7, 11) is -2.47. The number of nitrogens with one attached hydrogen (secondary N) is 1. The number of ether oxygens (including phenoxy) is 1. The Kier molecular flexibility index (Phi) is 9.50. The quantitative estimate of drug-likeness (QED) is 0.459. The lowest BCUT2D eigenvalue weighted by atomic mass is 10.0. The van der Waals surface area contributed by atoms with Gasteiger partial charge in [0.25, 0.3) is 10.0 Å². The van der Waals surface area contributed by atoms with Gasteiger partial charge in [-0.2, -0.15) is 11.8 Å². The number of thioether (sulfide) groups is 1. The summed E-state index contributed by atoms with van der Waals surface area (Å²) in [6, 6.07) is 13.5. The van der Waals surface area contributed by atoms with E-state index >= 15 is 0 Å². The minimum atomic E-state index is -3.96. The maximum Gasteiger partial charge on any atom is 0.264 e. The van der Waals surface area contributed by atoms with Crippen molar-refractivity contribution in [3.63, 3.8) is 0 Å². The molecule has 0 aromatic heterocycles. The number of anilines is 1. The van der Waals surface area contributed by atoms with Crippen LogP contribution in [0.4, 0.5) is 5.69 Å². The number of amides is 1. The van der Waals surface area contributed by atoms with Crippen LogP contribution in [0.25, 0.3) is 0 Å². The van der Waals surface area contributed by atoms with Gasteiger partial charge in [-0.15, -0.1) is 0 Å². The van der Waals surface area contributed by atoms with Gasteiger partial charge in [-0.05, 0) is 61.8 Å². The second-order valence-electron chi connectivity index (χ2n) is 8.33. The topological polar surface area (TPSA) is 75.7 Å². The summed E-state index contributed by atoms with van der Waals surface area (Å²) in [5.41, 5.74) is 1.23. The highest BCUT2D eigenvalue weighted by molar-refractivity contribution is 7.99. The van der Waals surface area contributed by atoms with Crippen molar-refractivity contribution in [2.75, 3.05) is 30.3 Å². The van der Waals surface area contributed by atoms with Crippen molar-refractivity contribution < 1.29 is 17.9 Å². The number of carbonyl (C=O) groups is 1. The second kappa shape index (κ2) is 12.3. The second-order valence-corrected chi connectivity index (χ2v) is 11.6. The first-order valence-electron chi connectivity index (χ1n) is 11.5. The van der Waals surface area contributed by atoms with E-state index in [1.54, 1.807) is 30.3 Å². The Morgan fingerprint density at radius 2 is 1.85 bits per heavy atom. The van der Waals surface area contributed by atoms with Crippen LogP contribution in [-0.4, -0.2) is 45.5 Å². The number of rotatable bonds is 11. The first-order valence-corrected chi connectivity index (χ1v) is 14.0. The molecule has 33 heavy (non-hydrogen) atoms. The Bertz CT molecular complexity index is 1010. The van der Waals surface area contributed by atoms with Crippen LogP contribution in [0, 0.1) is 6.92 Å². The fraction of sp³-hybridized carbons (Fsp3) is 0.480. The zero-order valence-corrected chi connectivity index (χ0v) is 21.1. The predicted octanol–water partition coefficient (Wildman–Crippen LogP) is 4.77. The first-order chi connectivity index (χ1) is 15.9. The lowest BCUT2D eigenvalue weighted by Crippen LogP contribution is -2.41. The van der Waals surface area contributed by atoms with E-state index in [0.717, 1.165) is 27.3 Å². The highest BCUT2D eigenvalue weighted by Crippen LogP contribution is 2.33. The molecule has 0 saturated heterocycles. The van der Waals surface area contributed by atoms with Gasteiger partial charge in [0.2, 0.25) is 5.91 Å². The van der Waals surface area contributed by atoms with Crippen molar-refractivity contribution in [2.24, 2.45) is 0 Å². The molecule has 0 radical (unpaired) electrons. The monoisotopic (exact) mass is 490 g/mol. The molecule has 0 heterocycles. The molecule has 2 aromatic carbocycles. The minimum Gasteiger partial charge on any atom is -0.495 e. The number of benzene rings is 2. The molecule has 3 rings (SSSR count). The summed E-state index contributed by atoms with van der Waals surface area (Å²) >= 11 is 1.99. The lowest BCUT2D eigenvalue weighted by Gasteiger charge is -2.26. The molecule has 1 amide bonds. The number of carbonyl (C=O) groups excluding carboxylic acids is 1. The van der Waals surface area contributed by atoms with Crippen LogP contribution < -0.4 is 14.4 Å². The van der Waals surface area contributed by atoms with Gasteiger partial charge in [0.1, 0.15) is 12.3 Å². The number of sulfonamides is 1. The maximum atomic E-state index is 13.5. The van der Waals surface area contributed by atoms with E-state index < -0.39 is 10.0 Å². The summed E-state index contributed by atoms with van der Waals surface area (Å²) < 4.78 is 33.5. The van der Waals surface area contributed by atoms with Crippen LogP contribution in [0.1, 0.15) is 44.1 Å². The Balaban J connectivity index is 1.68. The summed E-state index contributed by atoms with van der Waals surface area (Å²) in [5, 5.41) is 3.64. The number of hydrogen-bond acceptors (Lipinski definition) is 5. The molecule has 2 aromatic rings. The van der Waals surface area contributed by atoms with Crippen LogP contribution in [0.5, 0.6) is 5.75 Å². The van der Waals surface area contributed by atoms with Crippen LogP contribution in [-0.2, 0) is 14.8 Å². The molecule has 0 aliphatic heterocycles. The number of hydrogen-bond donors (Lipinski definition) is 1. The predicted molar refractivity (Wildman–Crippen MR) is 136 cm³/mol. The van der Waals surface area contributed by atoms with Gasteiger partial charge < -0.3 is 10.1 Å². The Morgan fingerprint density at radius 1 is 1.12 bits per heavy atom. The van der Waals surface area contributed by atoms with Gasteiger partial charge >= 0.3 is 0 Å². The van der Waals surface area contributed by atoms with Crippen LogP contribution >= 0.6 is 11.8 Å². The van der Waals surface area contributed by atoms with Crippen molar-refractivity contribution >= 4 is 33.4 Å². The number of nitrogens with zero attached hydrogens (tertiary/aromatic N) is 1.